The number of hydrogen-bond acceptors (Lipinski definition) is 8. The number of amides is 4. The highest BCUT2D eigenvalue weighted by Gasteiger charge is 2.45. The van der Waals surface area contributed by atoms with Crippen molar-refractivity contribution in [2.75, 3.05) is 10.7 Å². The number of Topliss-reactive ketones (excluding diaryl/α,β-unsaturated/α-hetero) is 2. The minimum Gasteiger partial charge on any atom is -0.293 e. The molecule has 1 aromatic heterocycles. The van der Waals surface area contributed by atoms with Gasteiger partial charge in [0.25, 0.3) is 23.6 Å². The number of fused-ring (bicyclic) bond motifs is 5. The standard InChI is InChI=1S/C43H26Cl3N3O6S/c1-2-3-16-56-39-34(45)32-31(33(44)35(39)46)42(54)49(43(32)55)29-15-12-22(19-48-40(52)24-10-6-7-11-25(24)41(48)53)23-13-14-28(47-36(23)29)30-37(50)26-17-20-8-4-5-9-21(20)18-27(26)38(30)51/h4-15,17-18,30H,2-3,16,19H2,1H3. The Morgan fingerprint density at radius 2 is 1.25 bits per heavy atom. The first-order valence-corrected chi connectivity index (χ1v) is 19.8. The number of hydrogen-bond donors (Lipinski definition) is 0. The summed E-state index contributed by atoms with van der Waals surface area (Å²) in [7, 11) is 0. The van der Waals surface area contributed by atoms with Crippen molar-refractivity contribution in [1.82, 2.24) is 9.88 Å². The molecule has 9 rings (SSSR count). The number of benzene rings is 5. The zero-order valence-corrected chi connectivity index (χ0v) is 32.4. The van der Waals surface area contributed by atoms with Crippen LogP contribution >= 0.6 is 46.6 Å². The fraction of sp³-hybridized carbons (Fsp3) is 0.140. The number of nitrogens with zero attached hydrogens (tertiary/aromatic N) is 3. The number of rotatable bonds is 8. The van der Waals surface area contributed by atoms with Crippen molar-refractivity contribution in [3.8, 4) is 0 Å². The summed E-state index contributed by atoms with van der Waals surface area (Å²) in [5.74, 6) is -4.03. The molecule has 2 aliphatic heterocycles. The summed E-state index contributed by atoms with van der Waals surface area (Å²) < 4.78 is 0. The summed E-state index contributed by atoms with van der Waals surface area (Å²) in [6.45, 7) is 1.87. The number of pyridine rings is 1. The Bertz CT molecular complexity index is 2750. The number of thioether (sulfide) groups is 1. The maximum atomic E-state index is 14.4. The number of imide groups is 2. The van der Waals surface area contributed by atoms with E-state index in [-0.39, 0.29) is 71.9 Å². The quantitative estimate of drug-likeness (QED) is 0.0489. The number of halogens is 3. The highest BCUT2D eigenvalue weighted by atomic mass is 35.5. The summed E-state index contributed by atoms with van der Waals surface area (Å²) >= 11 is 21.5. The predicted octanol–water partition coefficient (Wildman–Crippen LogP) is 10.00. The van der Waals surface area contributed by atoms with E-state index in [0.717, 1.165) is 33.4 Å². The lowest BCUT2D eigenvalue weighted by atomic mass is 9.97. The lowest BCUT2D eigenvalue weighted by Crippen LogP contribution is -2.31. The molecule has 0 fully saturated rings. The zero-order chi connectivity index (χ0) is 39.2. The second-order valence-corrected chi connectivity index (χ2v) is 15.9. The van der Waals surface area contributed by atoms with Crippen molar-refractivity contribution >= 4 is 109 Å². The van der Waals surface area contributed by atoms with E-state index < -0.39 is 41.1 Å². The van der Waals surface area contributed by atoms with Crippen LogP contribution in [0.4, 0.5) is 5.69 Å². The lowest BCUT2D eigenvalue weighted by Gasteiger charge is -2.21. The third kappa shape index (κ3) is 5.34. The van der Waals surface area contributed by atoms with Gasteiger partial charge in [-0.3, -0.25) is 33.7 Å². The van der Waals surface area contributed by atoms with Crippen LogP contribution in [0.15, 0.2) is 89.8 Å². The third-order valence-corrected chi connectivity index (χ3v) is 13.1. The molecular weight excluding hydrogens is 793 g/mol. The van der Waals surface area contributed by atoms with Crippen LogP contribution in [-0.2, 0) is 6.54 Å². The molecule has 1 aliphatic carbocycles. The number of unbranched alkanes of at least 4 members (excludes halogenated alkanes) is 1. The summed E-state index contributed by atoms with van der Waals surface area (Å²) in [6.07, 6.45) is 1.77. The van der Waals surface area contributed by atoms with Crippen LogP contribution in [-0.4, -0.2) is 50.8 Å². The van der Waals surface area contributed by atoms with Crippen molar-refractivity contribution in [2.45, 2.75) is 37.1 Å². The van der Waals surface area contributed by atoms with Gasteiger partial charge >= 0.3 is 0 Å². The molecule has 276 valence electrons. The Hall–Kier alpha value is -5.39. The monoisotopic (exact) mass is 817 g/mol. The van der Waals surface area contributed by atoms with Crippen molar-refractivity contribution in [2.24, 2.45) is 0 Å². The predicted molar refractivity (Wildman–Crippen MR) is 216 cm³/mol. The molecule has 13 heteroatoms. The number of ketones is 2. The first kappa shape index (κ1) is 36.3. The van der Waals surface area contributed by atoms with E-state index in [1.807, 2.05) is 31.2 Å². The molecule has 56 heavy (non-hydrogen) atoms. The Balaban J connectivity index is 1.19. The van der Waals surface area contributed by atoms with Gasteiger partial charge < -0.3 is 0 Å². The van der Waals surface area contributed by atoms with Crippen LogP contribution in [0, 0.1) is 0 Å². The van der Waals surface area contributed by atoms with Crippen LogP contribution in [0.25, 0.3) is 21.7 Å². The van der Waals surface area contributed by atoms with Crippen molar-refractivity contribution < 1.29 is 28.8 Å². The molecule has 0 atom stereocenters. The molecule has 0 unspecified atom stereocenters. The van der Waals surface area contributed by atoms with E-state index >= 15 is 0 Å². The Morgan fingerprint density at radius 1 is 0.661 bits per heavy atom. The number of carbonyl (C=O) groups excluding carboxylic acids is 6. The molecule has 0 spiro atoms. The molecule has 0 radical (unpaired) electrons. The van der Waals surface area contributed by atoms with E-state index in [4.69, 9.17) is 39.8 Å². The molecule has 0 saturated carbocycles. The van der Waals surface area contributed by atoms with Gasteiger partial charge in [0.05, 0.1) is 60.8 Å². The maximum Gasteiger partial charge on any atom is 0.267 e. The fourth-order valence-electron chi connectivity index (χ4n) is 7.68. The second-order valence-electron chi connectivity index (χ2n) is 13.7. The number of carbonyl (C=O) groups is 6. The van der Waals surface area contributed by atoms with E-state index in [2.05, 4.69) is 0 Å². The normalized spacial score (nSPS) is 15.2. The van der Waals surface area contributed by atoms with Crippen LogP contribution in [0.1, 0.15) is 99.1 Å². The van der Waals surface area contributed by atoms with Gasteiger partial charge in [-0.1, -0.05) is 96.7 Å². The molecule has 3 aliphatic rings. The summed E-state index contributed by atoms with van der Waals surface area (Å²) in [5.41, 5.74) is 1.47. The van der Waals surface area contributed by atoms with E-state index in [0.29, 0.717) is 21.6 Å². The minimum atomic E-state index is -1.30. The van der Waals surface area contributed by atoms with Crippen LogP contribution in [0.3, 0.4) is 0 Å². The number of anilines is 1. The molecule has 6 aromatic rings. The van der Waals surface area contributed by atoms with Gasteiger partial charge in [0.15, 0.2) is 11.6 Å². The second kappa shape index (κ2) is 13.7. The molecule has 3 heterocycles. The molecule has 5 aromatic carbocycles. The largest absolute Gasteiger partial charge is 0.293 e. The van der Waals surface area contributed by atoms with Crippen molar-refractivity contribution in [3.63, 3.8) is 0 Å². The first-order chi connectivity index (χ1) is 27.0. The van der Waals surface area contributed by atoms with E-state index in [1.165, 1.54) is 17.8 Å². The smallest absolute Gasteiger partial charge is 0.267 e. The van der Waals surface area contributed by atoms with Gasteiger partial charge in [-0.15, -0.1) is 11.8 Å². The van der Waals surface area contributed by atoms with Gasteiger partial charge in [0, 0.05) is 21.4 Å². The third-order valence-electron chi connectivity index (χ3n) is 10.5. The summed E-state index contributed by atoms with van der Waals surface area (Å²) in [5, 5.41) is 1.92. The molecule has 0 bridgehead atoms. The molecule has 9 nitrogen and oxygen atoms in total. The van der Waals surface area contributed by atoms with Gasteiger partial charge in [-0.05, 0) is 64.9 Å². The Labute approximate surface area is 338 Å². The van der Waals surface area contributed by atoms with Crippen LogP contribution < -0.4 is 4.90 Å². The molecule has 4 amide bonds. The van der Waals surface area contributed by atoms with Crippen LogP contribution in [0.2, 0.25) is 15.1 Å². The SMILES string of the molecule is CCCCSc1c(Cl)c(Cl)c2c(c1Cl)C(=O)N(c1ccc(CN3C(=O)c4ccccc4C3=O)c3ccc(C4C(=O)c5cc6ccccc6cc5C4=O)nc13)C2=O. The van der Waals surface area contributed by atoms with Gasteiger partial charge in [-0.25, -0.2) is 9.88 Å². The zero-order valence-electron chi connectivity index (χ0n) is 29.3. The Kier molecular flexibility index (Phi) is 8.85. The summed E-state index contributed by atoms with van der Waals surface area (Å²) in [6, 6.07) is 23.6. The van der Waals surface area contributed by atoms with Gasteiger partial charge in [0.1, 0.15) is 5.92 Å². The number of aromatic nitrogens is 1. The molecule has 0 saturated heterocycles. The average molecular weight is 819 g/mol. The highest BCUT2D eigenvalue weighted by molar-refractivity contribution is 7.99. The van der Waals surface area contributed by atoms with Crippen LogP contribution in [0.5, 0.6) is 0 Å². The lowest BCUT2D eigenvalue weighted by molar-refractivity contribution is 0.0641. The van der Waals surface area contributed by atoms with E-state index in [9.17, 15) is 28.8 Å². The first-order valence-electron chi connectivity index (χ1n) is 17.7. The van der Waals surface area contributed by atoms with Crippen molar-refractivity contribution in [1.29, 1.82) is 0 Å². The highest BCUT2D eigenvalue weighted by Crippen LogP contribution is 2.48. The maximum absolute atomic E-state index is 14.4. The minimum absolute atomic E-state index is 0.00357. The van der Waals surface area contributed by atoms with Crippen molar-refractivity contribution in [3.05, 3.63) is 145 Å². The molecular formula is C43H26Cl3N3O6S. The Morgan fingerprint density at radius 3 is 1.86 bits per heavy atom. The average Bonchev–Trinajstić information content (AvgIpc) is 3.72. The topological polar surface area (TPSA) is 122 Å². The van der Waals surface area contributed by atoms with Gasteiger partial charge in [0.2, 0.25) is 0 Å². The summed E-state index contributed by atoms with van der Waals surface area (Å²) in [4.78, 5) is 90.7. The fourth-order valence-corrected chi connectivity index (χ4v) is 9.93. The van der Waals surface area contributed by atoms with E-state index in [1.54, 1.807) is 54.6 Å². The van der Waals surface area contributed by atoms with Gasteiger partial charge in [-0.2, -0.15) is 0 Å². The molecule has 0 N–H and O–H groups in total.